The van der Waals surface area contributed by atoms with Crippen LogP contribution in [0.1, 0.15) is 100 Å². The highest BCUT2D eigenvalue weighted by molar-refractivity contribution is 5.98. The normalized spacial score (nSPS) is 16.2. The third kappa shape index (κ3) is 14.4. The van der Waals surface area contributed by atoms with Crippen molar-refractivity contribution in [1.29, 1.82) is 0 Å². The Morgan fingerprint density at radius 2 is 0.919 bits per heavy atom. The number of aromatic nitrogens is 6. The number of carbonyl (C=O) groups excluding carboxylic acids is 3. The molecule has 5 unspecified atom stereocenters. The van der Waals surface area contributed by atoms with Crippen molar-refractivity contribution in [1.82, 2.24) is 67.0 Å². The molecule has 14 rings (SSSR count). The minimum absolute atomic E-state index is 0.138. The van der Waals surface area contributed by atoms with Crippen molar-refractivity contribution in [3.05, 3.63) is 256 Å². The van der Waals surface area contributed by atoms with Gasteiger partial charge >= 0.3 is 0 Å². The molecule has 0 aliphatic carbocycles. The zero-order valence-electron chi connectivity index (χ0n) is 55.3. The molecule has 5 atom stereocenters. The summed E-state index contributed by atoms with van der Waals surface area (Å²) in [5.41, 5.74) is 21.3. The smallest absolute Gasteiger partial charge is 0.251 e. The average Bonchev–Trinajstić information content (AvgIpc) is 1.71. The number of halogens is 2. The van der Waals surface area contributed by atoms with Gasteiger partial charge in [0.15, 0.2) is 0 Å². The Labute approximate surface area is 570 Å². The van der Waals surface area contributed by atoms with Gasteiger partial charge in [0, 0.05) is 93.1 Å². The molecule has 0 spiro atoms. The summed E-state index contributed by atoms with van der Waals surface area (Å²) in [4.78, 5) is 48.4. The molecule has 0 bridgehead atoms. The molecule has 2 aliphatic heterocycles. The summed E-state index contributed by atoms with van der Waals surface area (Å²) in [6, 6.07) is 57.6. The number of carbonyl (C=O) groups is 3. The number of nitrogens with two attached hydrogens (primary N) is 1. The molecule has 3 aromatic heterocycles. The van der Waals surface area contributed by atoms with Gasteiger partial charge in [-0.3, -0.25) is 39.5 Å². The number of benzene rings is 9. The van der Waals surface area contributed by atoms with E-state index in [1.165, 1.54) is 0 Å². The van der Waals surface area contributed by atoms with Crippen LogP contribution < -0.4 is 41.8 Å². The summed E-state index contributed by atoms with van der Waals surface area (Å²) in [6.45, 7) is 8.89. The SMILES string of the molecule is COc1cccc(C(CN2CCNC(c3cc(OC)cc(C(CN4CCNC(c5cc(C)cc(C(CN)NC(=O)c6cccc(-c7ccc8[nH]nc(F)c8c7)c6)c5)C4)NC(=O)c4cccc(-c5ccc6[nH]nc(F)c6c5)c4)c3)C2)NC(=O)c2cccc(-c3ccc4[nH]nc(C)c4c3)c2)c1. The molecule has 21 heteroatoms. The molecule has 0 saturated carbocycles. The molecule has 5 heterocycles. The first kappa shape index (κ1) is 65.4. The Kier molecular flexibility index (Phi) is 18.9. The number of hydrogen-bond acceptors (Lipinski definition) is 13. The maximum atomic E-state index is 15.0. The van der Waals surface area contributed by atoms with Crippen LogP contribution in [0.4, 0.5) is 8.78 Å². The number of piperazine rings is 2. The minimum atomic E-state index is -0.602. The number of ether oxygens (including phenoxy) is 2. The van der Waals surface area contributed by atoms with Crippen molar-refractivity contribution in [2.24, 2.45) is 5.73 Å². The van der Waals surface area contributed by atoms with Crippen LogP contribution in [0, 0.1) is 25.7 Å². The van der Waals surface area contributed by atoms with Crippen LogP contribution in [0.25, 0.3) is 66.1 Å². The number of aryl methyl sites for hydroxylation is 2. The Balaban J connectivity index is 0.723. The van der Waals surface area contributed by atoms with Crippen molar-refractivity contribution < 1.29 is 32.6 Å². The van der Waals surface area contributed by atoms with Crippen LogP contribution in [0.15, 0.2) is 188 Å². The second-order valence-electron chi connectivity index (χ2n) is 25.7. The summed E-state index contributed by atoms with van der Waals surface area (Å²) < 4.78 is 41.1. The molecular formula is C78H76F2N14O5. The third-order valence-corrected chi connectivity index (χ3v) is 19.1. The second-order valence-corrected chi connectivity index (χ2v) is 25.7. The molecule has 2 aliphatic rings. The number of nitrogens with one attached hydrogen (secondary N) is 8. The van der Waals surface area contributed by atoms with Crippen LogP contribution >= 0.6 is 0 Å². The molecule has 502 valence electrons. The Morgan fingerprint density at radius 3 is 1.43 bits per heavy atom. The van der Waals surface area contributed by atoms with Gasteiger partial charge in [0.2, 0.25) is 11.9 Å². The summed E-state index contributed by atoms with van der Waals surface area (Å²) in [5, 5.41) is 39.7. The molecule has 9 aromatic carbocycles. The van der Waals surface area contributed by atoms with Crippen molar-refractivity contribution in [3.63, 3.8) is 0 Å². The number of aromatic amines is 3. The monoisotopic (exact) mass is 1330 g/mol. The number of fused-ring (bicyclic) bond motifs is 3. The molecule has 10 N–H and O–H groups in total. The van der Waals surface area contributed by atoms with Crippen molar-refractivity contribution in [2.75, 3.05) is 73.1 Å². The zero-order chi connectivity index (χ0) is 68.3. The zero-order valence-corrected chi connectivity index (χ0v) is 55.3. The fourth-order valence-electron chi connectivity index (χ4n) is 13.8. The highest BCUT2D eigenvalue weighted by Crippen LogP contribution is 2.34. The van der Waals surface area contributed by atoms with E-state index in [0.29, 0.717) is 102 Å². The van der Waals surface area contributed by atoms with Crippen LogP contribution in [0.5, 0.6) is 11.5 Å². The topological polar surface area (TPSA) is 248 Å². The van der Waals surface area contributed by atoms with E-state index in [2.05, 4.69) is 91.2 Å². The lowest BCUT2D eigenvalue weighted by molar-refractivity contribution is 0.0909. The van der Waals surface area contributed by atoms with E-state index in [-0.39, 0.29) is 36.3 Å². The highest BCUT2D eigenvalue weighted by Gasteiger charge is 2.31. The predicted molar refractivity (Wildman–Crippen MR) is 380 cm³/mol. The fourth-order valence-corrected chi connectivity index (χ4v) is 13.8. The molecule has 3 amide bonds. The van der Waals surface area contributed by atoms with E-state index < -0.39 is 30.0 Å². The number of H-pyrrole nitrogens is 3. The first-order valence-electron chi connectivity index (χ1n) is 33.2. The molecule has 19 nitrogen and oxygen atoms in total. The largest absolute Gasteiger partial charge is 0.497 e. The Bertz CT molecular complexity index is 4990. The van der Waals surface area contributed by atoms with Crippen LogP contribution in [-0.2, 0) is 0 Å². The van der Waals surface area contributed by atoms with Gasteiger partial charge in [-0.15, -0.1) is 10.2 Å². The second kappa shape index (κ2) is 28.6. The number of nitrogens with zero attached hydrogens (tertiary/aromatic N) is 5. The summed E-state index contributed by atoms with van der Waals surface area (Å²) in [7, 11) is 3.29. The summed E-state index contributed by atoms with van der Waals surface area (Å²) >= 11 is 0. The molecule has 2 saturated heterocycles. The van der Waals surface area contributed by atoms with Gasteiger partial charge in [-0.05, 0) is 172 Å². The lowest BCUT2D eigenvalue weighted by Gasteiger charge is -2.38. The maximum Gasteiger partial charge on any atom is 0.251 e. The quantitative estimate of drug-likeness (QED) is 0.0325. The van der Waals surface area contributed by atoms with E-state index in [1.807, 2.05) is 129 Å². The number of hydrogen-bond donors (Lipinski definition) is 9. The fraction of sp³-hybridized carbons (Fsp3) is 0.231. The first-order chi connectivity index (χ1) is 48.2. The van der Waals surface area contributed by atoms with Gasteiger partial charge in [-0.25, -0.2) is 0 Å². The van der Waals surface area contributed by atoms with Crippen molar-refractivity contribution >= 4 is 50.4 Å². The summed E-state index contributed by atoms with van der Waals surface area (Å²) in [5.74, 6) is -0.694. The Hall–Kier alpha value is -10.9. The maximum absolute atomic E-state index is 15.0. The van der Waals surface area contributed by atoms with E-state index in [0.717, 1.165) is 83.4 Å². The Morgan fingerprint density at radius 1 is 0.485 bits per heavy atom. The number of rotatable bonds is 21. The molecule has 0 radical (unpaired) electrons. The van der Waals surface area contributed by atoms with Crippen molar-refractivity contribution in [2.45, 2.75) is 44.1 Å². The molecule has 12 aromatic rings. The van der Waals surface area contributed by atoms with E-state index in [4.69, 9.17) is 15.2 Å². The van der Waals surface area contributed by atoms with E-state index in [9.17, 15) is 23.2 Å². The van der Waals surface area contributed by atoms with E-state index >= 15 is 0 Å². The third-order valence-electron chi connectivity index (χ3n) is 19.1. The van der Waals surface area contributed by atoms with Crippen molar-refractivity contribution in [3.8, 4) is 44.9 Å². The van der Waals surface area contributed by atoms with Crippen LogP contribution in [0.2, 0.25) is 0 Å². The van der Waals surface area contributed by atoms with Gasteiger partial charge < -0.3 is 41.8 Å². The van der Waals surface area contributed by atoms with E-state index in [1.54, 1.807) is 62.8 Å². The predicted octanol–water partition coefficient (Wildman–Crippen LogP) is 11.9. The molecular weight excluding hydrogens is 1250 g/mol. The van der Waals surface area contributed by atoms with Gasteiger partial charge in [-0.2, -0.15) is 13.9 Å². The summed E-state index contributed by atoms with van der Waals surface area (Å²) in [6.07, 6.45) is 0. The lowest BCUT2D eigenvalue weighted by atomic mass is 9.94. The minimum Gasteiger partial charge on any atom is -0.497 e. The van der Waals surface area contributed by atoms with Gasteiger partial charge in [0.05, 0.1) is 65.4 Å². The first-order valence-corrected chi connectivity index (χ1v) is 33.2. The number of methoxy groups -OCH3 is 2. The number of amides is 3. The van der Waals surface area contributed by atoms with Gasteiger partial charge in [-0.1, -0.05) is 96.6 Å². The van der Waals surface area contributed by atoms with Crippen LogP contribution in [-0.4, -0.2) is 131 Å². The molecule has 2 fully saturated rings. The molecule has 99 heavy (non-hydrogen) atoms. The van der Waals surface area contributed by atoms with Crippen LogP contribution in [0.3, 0.4) is 0 Å². The average molecular weight is 1330 g/mol. The standard InChI is InChI=1S/C78H76F2N14O5/c1-45-27-57(69(40-81)84-76(95)54-13-6-10-48(30-54)51-18-21-67-64(38-51)74(79)91-89-67)32-58(28-45)70-41-94(26-23-82-70)44-73(86-78(97)56-15-7-11-49(31-56)52-19-22-68-65(39-52)75(80)92-90-68)60-33-59(35-62(36-60)99-4)71-42-93(25-24-83-71)43-72(53-12-8-16-61(34-53)98-3)85-77(96)55-14-5-9-47(29-55)50-17-20-66-63(37-50)46(2)87-88-66/h5-22,27-39,69-73,82-83H,23-26,40-44,81H2,1-4H3,(H,84,95)(H,85,96)(H,86,97)(H,87,88)(H,89,91)(H,90,92). The lowest BCUT2D eigenvalue weighted by Crippen LogP contribution is -2.49. The highest BCUT2D eigenvalue weighted by atomic mass is 19.1. The van der Waals surface area contributed by atoms with Gasteiger partial charge in [0.25, 0.3) is 17.7 Å². The van der Waals surface area contributed by atoms with Gasteiger partial charge in [0.1, 0.15) is 11.5 Å².